The Morgan fingerprint density at radius 2 is 2.38 bits per heavy atom. The second kappa shape index (κ2) is 6.05. The third-order valence-corrected chi connectivity index (χ3v) is 4.65. The number of nitrogens with zero attached hydrogens (tertiary/aromatic N) is 2. The third-order valence-electron chi connectivity index (χ3n) is 2.74. The molecule has 1 atom stereocenters. The molecule has 0 aliphatic carbocycles. The highest BCUT2D eigenvalue weighted by molar-refractivity contribution is 8.00. The first-order valence-electron chi connectivity index (χ1n) is 6.14. The van der Waals surface area contributed by atoms with E-state index in [4.69, 9.17) is 11.6 Å². The van der Waals surface area contributed by atoms with Crippen molar-refractivity contribution in [2.45, 2.75) is 17.3 Å². The number of halogens is 1. The molecule has 5 nitrogen and oxygen atoms in total. The number of carbonyl (C=O) groups excluding carboxylic acids is 1. The van der Waals surface area contributed by atoms with Crippen LogP contribution in [-0.4, -0.2) is 26.1 Å². The fraction of sp³-hybridized carbons (Fsp3) is 0.154. The molecule has 2 aromatic heterocycles. The molecular weight excluding hydrogens is 328 g/mol. The maximum Gasteiger partial charge on any atom is 0.239 e. The van der Waals surface area contributed by atoms with Gasteiger partial charge < -0.3 is 10.3 Å². The number of rotatable bonds is 4. The number of H-pyrrole nitrogens is 1. The van der Waals surface area contributed by atoms with Crippen molar-refractivity contribution in [3.05, 3.63) is 34.8 Å². The van der Waals surface area contributed by atoms with E-state index in [9.17, 15) is 4.79 Å². The van der Waals surface area contributed by atoms with Crippen molar-refractivity contribution in [3.8, 4) is 0 Å². The van der Waals surface area contributed by atoms with E-state index in [1.165, 1.54) is 23.1 Å². The standard InChI is InChI=1S/C13H11ClN4OS2/c1-7(11(19)18-12-15-4-5-20-12)21-13-16-9-3-2-8(14)6-10(9)17-13/h2-7H,1H3,(H,16,17)(H,15,18,19). The highest BCUT2D eigenvalue weighted by Gasteiger charge is 2.17. The fourth-order valence-electron chi connectivity index (χ4n) is 1.73. The Morgan fingerprint density at radius 1 is 1.52 bits per heavy atom. The SMILES string of the molecule is CC(Sc1nc2ccc(Cl)cc2[nH]1)C(=O)Nc1nccs1. The lowest BCUT2D eigenvalue weighted by Gasteiger charge is -2.08. The lowest BCUT2D eigenvalue weighted by molar-refractivity contribution is -0.115. The van der Waals surface area contributed by atoms with Crippen LogP contribution in [0.1, 0.15) is 6.92 Å². The number of carbonyl (C=O) groups is 1. The molecule has 1 aromatic carbocycles. The number of benzene rings is 1. The molecular formula is C13H11ClN4OS2. The summed E-state index contributed by atoms with van der Waals surface area (Å²) in [7, 11) is 0. The molecule has 2 N–H and O–H groups in total. The van der Waals surface area contributed by atoms with Crippen molar-refractivity contribution < 1.29 is 4.79 Å². The van der Waals surface area contributed by atoms with Crippen LogP contribution in [0.15, 0.2) is 34.9 Å². The molecule has 2 heterocycles. The average Bonchev–Trinajstić information content (AvgIpc) is 3.07. The van der Waals surface area contributed by atoms with Gasteiger partial charge in [0.2, 0.25) is 5.91 Å². The van der Waals surface area contributed by atoms with Crippen LogP contribution in [0.4, 0.5) is 5.13 Å². The van der Waals surface area contributed by atoms with Gasteiger partial charge in [-0.2, -0.15) is 0 Å². The van der Waals surface area contributed by atoms with Crippen molar-refractivity contribution in [3.63, 3.8) is 0 Å². The van der Waals surface area contributed by atoms with Gasteiger partial charge in [0, 0.05) is 16.6 Å². The van der Waals surface area contributed by atoms with Crippen LogP contribution in [0.2, 0.25) is 5.02 Å². The van der Waals surface area contributed by atoms with E-state index in [0.717, 1.165) is 11.0 Å². The Morgan fingerprint density at radius 3 is 3.14 bits per heavy atom. The minimum Gasteiger partial charge on any atom is -0.333 e. The molecule has 0 spiro atoms. The number of thioether (sulfide) groups is 1. The van der Waals surface area contributed by atoms with Crippen LogP contribution in [-0.2, 0) is 4.79 Å². The monoisotopic (exact) mass is 338 g/mol. The summed E-state index contributed by atoms with van der Waals surface area (Å²) in [4.78, 5) is 23.7. The van der Waals surface area contributed by atoms with E-state index in [1.54, 1.807) is 12.3 Å². The average molecular weight is 339 g/mol. The van der Waals surface area contributed by atoms with Gasteiger partial charge in [0.15, 0.2) is 10.3 Å². The largest absolute Gasteiger partial charge is 0.333 e. The third kappa shape index (κ3) is 3.37. The molecule has 3 rings (SSSR count). The van der Waals surface area contributed by atoms with Gasteiger partial charge >= 0.3 is 0 Å². The summed E-state index contributed by atoms with van der Waals surface area (Å²) in [5.74, 6) is -0.103. The molecule has 0 saturated heterocycles. The lowest BCUT2D eigenvalue weighted by atomic mass is 10.3. The number of hydrogen-bond acceptors (Lipinski definition) is 5. The molecule has 108 valence electrons. The predicted molar refractivity (Wildman–Crippen MR) is 87.2 cm³/mol. The lowest BCUT2D eigenvalue weighted by Crippen LogP contribution is -2.22. The van der Waals surface area contributed by atoms with E-state index in [1.807, 2.05) is 24.4 Å². The molecule has 0 radical (unpaired) electrons. The van der Waals surface area contributed by atoms with Gasteiger partial charge in [-0.25, -0.2) is 9.97 Å². The van der Waals surface area contributed by atoms with Crippen molar-refractivity contribution in [2.75, 3.05) is 5.32 Å². The van der Waals surface area contributed by atoms with Gasteiger partial charge in [0.05, 0.1) is 16.3 Å². The molecule has 0 saturated carbocycles. The number of hydrogen-bond donors (Lipinski definition) is 2. The molecule has 0 bridgehead atoms. The Bertz CT molecular complexity index is 772. The van der Waals surface area contributed by atoms with Gasteiger partial charge in [0.1, 0.15) is 0 Å². The van der Waals surface area contributed by atoms with Gasteiger partial charge in [-0.3, -0.25) is 4.79 Å². The maximum atomic E-state index is 12.1. The van der Waals surface area contributed by atoms with E-state index < -0.39 is 0 Å². The minimum absolute atomic E-state index is 0.103. The van der Waals surface area contributed by atoms with Crippen molar-refractivity contribution >= 4 is 56.8 Å². The van der Waals surface area contributed by atoms with E-state index in [-0.39, 0.29) is 11.2 Å². The molecule has 8 heteroatoms. The Labute approximate surface area is 134 Å². The van der Waals surface area contributed by atoms with E-state index in [2.05, 4.69) is 20.3 Å². The second-order valence-electron chi connectivity index (χ2n) is 4.29. The van der Waals surface area contributed by atoms with Gasteiger partial charge in [-0.1, -0.05) is 23.4 Å². The number of thiazole rings is 1. The first-order chi connectivity index (χ1) is 10.1. The molecule has 0 fully saturated rings. The Hall–Kier alpha value is -1.57. The predicted octanol–water partition coefficient (Wildman–Crippen LogP) is 3.79. The smallest absolute Gasteiger partial charge is 0.239 e. The summed E-state index contributed by atoms with van der Waals surface area (Å²) in [6, 6.07) is 5.45. The molecule has 3 aromatic rings. The zero-order valence-electron chi connectivity index (χ0n) is 11.0. The second-order valence-corrected chi connectivity index (χ2v) is 6.95. The molecule has 1 amide bonds. The number of fused-ring (bicyclic) bond motifs is 1. The number of anilines is 1. The van der Waals surface area contributed by atoms with E-state index in [0.29, 0.717) is 15.3 Å². The quantitative estimate of drug-likeness (QED) is 0.710. The molecule has 0 aliphatic rings. The summed E-state index contributed by atoms with van der Waals surface area (Å²) in [5.41, 5.74) is 1.69. The van der Waals surface area contributed by atoms with Gasteiger partial charge in [-0.15, -0.1) is 11.3 Å². The highest BCUT2D eigenvalue weighted by Crippen LogP contribution is 2.26. The first kappa shape index (κ1) is 14.4. The number of imidazole rings is 1. The Kier molecular flexibility index (Phi) is 4.14. The Balaban J connectivity index is 1.70. The number of aromatic amines is 1. The number of amides is 1. The van der Waals surface area contributed by atoms with Gasteiger partial charge in [0.25, 0.3) is 0 Å². The van der Waals surface area contributed by atoms with Crippen molar-refractivity contribution in [1.82, 2.24) is 15.0 Å². The topological polar surface area (TPSA) is 70.7 Å². The van der Waals surface area contributed by atoms with Crippen LogP contribution in [0.5, 0.6) is 0 Å². The summed E-state index contributed by atoms with van der Waals surface area (Å²) in [6.45, 7) is 1.83. The minimum atomic E-state index is -0.287. The number of aromatic nitrogens is 3. The van der Waals surface area contributed by atoms with Crippen LogP contribution < -0.4 is 5.32 Å². The van der Waals surface area contributed by atoms with Crippen molar-refractivity contribution in [1.29, 1.82) is 0 Å². The summed E-state index contributed by atoms with van der Waals surface area (Å²) < 4.78 is 0. The van der Waals surface area contributed by atoms with E-state index >= 15 is 0 Å². The normalized spacial score (nSPS) is 12.5. The number of nitrogens with one attached hydrogen (secondary N) is 2. The van der Waals surface area contributed by atoms with Crippen molar-refractivity contribution in [2.24, 2.45) is 0 Å². The summed E-state index contributed by atoms with van der Waals surface area (Å²) >= 11 is 8.69. The van der Waals surface area contributed by atoms with Crippen LogP contribution in [0.25, 0.3) is 11.0 Å². The zero-order valence-corrected chi connectivity index (χ0v) is 13.4. The molecule has 21 heavy (non-hydrogen) atoms. The maximum absolute atomic E-state index is 12.1. The van der Waals surface area contributed by atoms with Crippen LogP contribution >= 0.6 is 34.7 Å². The summed E-state index contributed by atoms with van der Waals surface area (Å²) in [6.07, 6.45) is 1.65. The van der Waals surface area contributed by atoms with Crippen LogP contribution in [0.3, 0.4) is 0 Å². The molecule has 1 unspecified atom stereocenters. The van der Waals surface area contributed by atoms with Gasteiger partial charge in [-0.05, 0) is 25.1 Å². The summed E-state index contributed by atoms with van der Waals surface area (Å²) in [5, 5.41) is 6.24. The zero-order chi connectivity index (χ0) is 14.8. The highest BCUT2D eigenvalue weighted by atomic mass is 35.5. The van der Waals surface area contributed by atoms with Crippen LogP contribution in [0, 0.1) is 0 Å². The fourth-order valence-corrected chi connectivity index (χ4v) is 3.25. The molecule has 0 aliphatic heterocycles. The first-order valence-corrected chi connectivity index (χ1v) is 8.28.